The normalized spacial score (nSPS) is 12.6. The van der Waals surface area contributed by atoms with E-state index in [1.54, 1.807) is 58.0 Å². The first-order valence-electron chi connectivity index (χ1n) is 11.3. The van der Waals surface area contributed by atoms with Gasteiger partial charge in [-0.15, -0.1) is 0 Å². The number of aryl methyl sites for hydroxylation is 2. The number of carbonyl (C=O) groups excluding carboxylic acids is 3. The smallest absolute Gasteiger partial charge is 0.408 e. The average molecular weight is 530 g/mol. The van der Waals surface area contributed by atoms with Crippen LogP contribution in [0.1, 0.15) is 49.1 Å². The molecule has 2 N–H and O–H groups in total. The molecule has 3 amide bonds. The number of nitrogens with zero attached hydrogens (tertiary/aromatic N) is 1. The van der Waals surface area contributed by atoms with E-state index in [1.807, 2.05) is 19.9 Å². The molecular formula is C27H32ClN3O4S. The molecule has 7 nitrogen and oxygen atoms in total. The number of nitrogens with one attached hydrogen (secondary N) is 2. The molecule has 36 heavy (non-hydrogen) atoms. The number of benzene rings is 2. The molecule has 2 rings (SSSR count). The molecule has 0 aromatic heterocycles. The summed E-state index contributed by atoms with van der Waals surface area (Å²) < 4.78 is 5.27. The van der Waals surface area contributed by atoms with E-state index in [0.29, 0.717) is 16.3 Å². The van der Waals surface area contributed by atoms with Gasteiger partial charge in [0.25, 0.3) is 11.8 Å². The van der Waals surface area contributed by atoms with Gasteiger partial charge in [0.2, 0.25) is 0 Å². The number of ether oxygens (including phenoxy) is 1. The number of halogens is 1. The van der Waals surface area contributed by atoms with Crippen LogP contribution in [0.5, 0.6) is 0 Å². The summed E-state index contributed by atoms with van der Waals surface area (Å²) in [4.78, 5) is 40.6. The van der Waals surface area contributed by atoms with Crippen molar-refractivity contribution in [2.75, 3.05) is 11.1 Å². The fourth-order valence-electron chi connectivity index (χ4n) is 3.52. The molecule has 0 saturated carbocycles. The predicted octanol–water partition coefficient (Wildman–Crippen LogP) is 5.19. The van der Waals surface area contributed by atoms with Crippen LogP contribution in [0.15, 0.2) is 36.4 Å². The quantitative estimate of drug-likeness (QED) is 0.262. The third-order valence-electron chi connectivity index (χ3n) is 5.47. The van der Waals surface area contributed by atoms with E-state index in [0.717, 1.165) is 21.6 Å². The zero-order valence-corrected chi connectivity index (χ0v) is 23.0. The number of hydrogen-bond donors (Lipinski definition) is 3. The molecule has 0 aliphatic carbocycles. The second-order valence-electron chi connectivity index (χ2n) is 9.33. The molecule has 2 unspecified atom stereocenters. The van der Waals surface area contributed by atoms with Gasteiger partial charge in [-0.2, -0.15) is 12.6 Å². The van der Waals surface area contributed by atoms with Crippen molar-refractivity contribution in [1.82, 2.24) is 10.2 Å². The third kappa shape index (κ3) is 7.19. The Bertz CT molecular complexity index is 1170. The molecule has 0 aliphatic heterocycles. The molecule has 0 fully saturated rings. The van der Waals surface area contributed by atoms with E-state index in [9.17, 15) is 14.4 Å². The summed E-state index contributed by atoms with van der Waals surface area (Å²) in [6.45, 7) is 10.7. The van der Waals surface area contributed by atoms with Crippen LogP contribution >= 0.6 is 24.2 Å². The Morgan fingerprint density at radius 1 is 1.11 bits per heavy atom. The summed E-state index contributed by atoms with van der Waals surface area (Å²) in [6, 6.07) is 10.6. The second kappa shape index (κ2) is 12.2. The fraction of sp³-hybridized carbons (Fsp3) is 0.370. The summed E-state index contributed by atoms with van der Waals surface area (Å²) in [7, 11) is 0. The maximum Gasteiger partial charge on any atom is 0.408 e. The molecule has 0 aliphatic rings. The molecular weight excluding hydrogens is 498 g/mol. The van der Waals surface area contributed by atoms with Crippen molar-refractivity contribution < 1.29 is 19.1 Å². The van der Waals surface area contributed by atoms with Gasteiger partial charge in [0.05, 0.1) is 10.7 Å². The number of para-hydroxylation sites is 1. The topological polar surface area (TPSA) is 87.7 Å². The molecule has 0 saturated heterocycles. The first-order valence-corrected chi connectivity index (χ1v) is 12.3. The van der Waals surface area contributed by atoms with Crippen molar-refractivity contribution in [2.24, 2.45) is 0 Å². The lowest BCUT2D eigenvalue weighted by atomic mass is 9.95. The number of terminal acetylenes is 1. The monoisotopic (exact) mass is 529 g/mol. The number of rotatable bonds is 7. The minimum atomic E-state index is -1.21. The number of alkyl carbamates (subject to hydrolysis) is 1. The van der Waals surface area contributed by atoms with E-state index in [1.165, 1.54) is 0 Å². The zero-order valence-electron chi connectivity index (χ0n) is 21.3. The highest BCUT2D eigenvalue weighted by Gasteiger charge is 2.36. The minimum absolute atomic E-state index is 0.0684. The Hall–Kier alpha value is -3.15. The Morgan fingerprint density at radius 2 is 1.72 bits per heavy atom. The summed E-state index contributed by atoms with van der Waals surface area (Å²) >= 11 is 10.6. The first kappa shape index (κ1) is 29.1. The fourth-order valence-corrected chi connectivity index (χ4v) is 4.03. The lowest BCUT2D eigenvalue weighted by molar-refractivity contribution is -0.136. The van der Waals surface area contributed by atoms with Gasteiger partial charge >= 0.3 is 6.09 Å². The minimum Gasteiger partial charge on any atom is -0.444 e. The number of anilines is 1. The summed E-state index contributed by atoms with van der Waals surface area (Å²) in [5.41, 5.74) is 2.65. The van der Waals surface area contributed by atoms with E-state index >= 15 is 0 Å². The van der Waals surface area contributed by atoms with Crippen molar-refractivity contribution in [2.45, 2.75) is 59.2 Å². The molecule has 0 radical (unpaired) electrons. The van der Waals surface area contributed by atoms with Crippen LogP contribution in [-0.4, -0.2) is 40.2 Å². The van der Waals surface area contributed by atoms with Gasteiger partial charge in [-0.1, -0.05) is 48.4 Å². The third-order valence-corrected chi connectivity index (χ3v) is 6.15. The molecule has 9 heteroatoms. The van der Waals surface area contributed by atoms with Crippen molar-refractivity contribution in [1.29, 1.82) is 0 Å². The predicted molar refractivity (Wildman–Crippen MR) is 146 cm³/mol. The molecule has 0 bridgehead atoms. The van der Waals surface area contributed by atoms with Gasteiger partial charge in [-0.05, 0) is 69.9 Å². The maximum absolute atomic E-state index is 13.7. The van der Waals surface area contributed by atoms with Crippen LogP contribution in [-0.2, 0) is 14.3 Å². The number of thiol groups is 1. The Balaban J connectivity index is 2.51. The SMILES string of the molecule is C#CN(C(=O)C(CS)NC(=O)OC(C)(C)C)C(C(=O)Nc1c(C)cccc1Cl)c1cccc(C)c1C. The van der Waals surface area contributed by atoms with Crippen LogP contribution < -0.4 is 10.6 Å². The van der Waals surface area contributed by atoms with E-state index < -0.39 is 35.6 Å². The van der Waals surface area contributed by atoms with Gasteiger partial charge in [0.1, 0.15) is 17.7 Å². The Morgan fingerprint density at radius 3 is 2.28 bits per heavy atom. The van der Waals surface area contributed by atoms with Gasteiger partial charge < -0.3 is 15.4 Å². The van der Waals surface area contributed by atoms with Crippen LogP contribution in [0.4, 0.5) is 10.5 Å². The van der Waals surface area contributed by atoms with E-state index in [4.69, 9.17) is 22.8 Å². The van der Waals surface area contributed by atoms with Crippen LogP contribution in [0.2, 0.25) is 5.02 Å². The van der Waals surface area contributed by atoms with Crippen molar-refractivity contribution in [3.63, 3.8) is 0 Å². The molecule has 0 spiro atoms. The summed E-state index contributed by atoms with van der Waals surface area (Å²) in [6.07, 6.45) is 5.00. The average Bonchev–Trinajstić information content (AvgIpc) is 2.78. The second-order valence-corrected chi connectivity index (χ2v) is 10.1. The first-order chi connectivity index (χ1) is 16.8. The largest absolute Gasteiger partial charge is 0.444 e. The number of amides is 3. The van der Waals surface area contributed by atoms with Crippen LogP contribution in [0.3, 0.4) is 0 Å². The lowest BCUT2D eigenvalue weighted by Gasteiger charge is -2.31. The molecule has 0 heterocycles. The highest BCUT2D eigenvalue weighted by Crippen LogP contribution is 2.31. The van der Waals surface area contributed by atoms with Gasteiger partial charge in [-0.3, -0.25) is 14.5 Å². The van der Waals surface area contributed by atoms with Crippen molar-refractivity contribution >= 4 is 47.8 Å². The molecule has 2 aromatic rings. The number of hydrogen-bond acceptors (Lipinski definition) is 5. The van der Waals surface area contributed by atoms with Crippen LogP contribution in [0, 0.1) is 33.2 Å². The maximum atomic E-state index is 13.7. The number of carbonyl (C=O) groups is 3. The highest BCUT2D eigenvalue weighted by atomic mass is 35.5. The lowest BCUT2D eigenvalue weighted by Crippen LogP contribution is -2.51. The van der Waals surface area contributed by atoms with Crippen LogP contribution in [0.25, 0.3) is 0 Å². The van der Waals surface area contributed by atoms with Gasteiger partial charge in [-0.25, -0.2) is 4.79 Å². The Labute approximate surface area is 223 Å². The van der Waals surface area contributed by atoms with Crippen molar-refractivity contribution in [3.8, 4) is 12.5 Å². The van der Waals surface area contributed by atoms with Crippen molar-refractivity contribution in [3.05, 3.63) is 63.7 Å². The highest BCUT2D eigenvalue weighted by molar-refractivity contribution is 7.80. The zero-order chi connectivity index (χ0) is 27.2. The standard InChI is InChI=1S/C27H32ClN3O4S/c1-8-31(25(33)21(15-36)29-26(34)35-27(5,6)7)23(19-13-9-11-16(2)18(19)4)24(32)30-22-17(3)12-10-14-20(22)28/h1,9-14,21,23,36H,15H2,2-7H3,(H,29,34)(H,30,32). The van der Waals surface area contributed by atoms with E-state index in [2.05, 4.69) is 29.3 Å². The van der Waals surface area contributed by atoms with Gasteiger partial charge in [0, 0.05) is 11.8 Å². The Kier molecular flexibility index (Phi) is 9.85. The summed E-state index contributed by atoms with van der Waals surface area (Å²) in [5, 5.41) is 5.68. The van der Waals surface area contributed by atoms with Gasteiger partial charge in [0.15, 0.2) is 0 Å². The van der Waals surface area contributed by atoms with E-state index in [-0.39, 0.29) is 5.75 Å². The summed E-state index contributed by atoms with van der Waals surface area (Å²) in [5.74, 6) is -1.31. The molecule has 2 atom stereocenters. The molecule has 192 valence electrons. The molecule has 2 aromatic carbocycles.